The predicted molar refractivity (Wildman–Crippen MR) is 147 cm³/mol. The smallest absolute Gasteiger partial charge is 0.260 e. The van der Waals surface area contributed by atoms with E-state index in [4.69, 9.17) is 14.5 Å². The summed E-state index contributed by atoms with van der Waals surface area (Å²) in [7, 11) is 0. The van der Waals surface area contributed by atoms with Gasteiger partial charge in [0, 0.05) is 41.5 Å². The maximum atomic E-state index is 14.1. The molecule has 4 aromatic rings. The van der Waals surface area contributed by atoms with Crippen molar-refractivity contribution < 1.29 is 9.47 Å². The molecular formula is C29H32N6O3. The molecule has 2 aliphatic heterocycles. The van der Waals surface area contributed by atoms with Gasteiger partial charge in [0.2, 0.25) is 5.95 Å². The molecule has 9 heteroatoms. The van der Waals surface area contributed by atoms with Crippen LogP contribution in [0.5, 0.6) is 0 Å². The Bertz CT molecular complexity index is 1530. The summed E-state index contributed by atoms with van der Waals surface area (Å²) in [6.45, 7) is 7.88. The van der Waals surface area contributed by atoms with Crippen LogP contribution in [0.4, 0.5) is 5.95 Å². The Morgan fingerprint density at radius 3 is 2.76 bits per heavy atom. The second-order valence-electron chi connectivity index (χ2n) is 9.91. The van der Waals surface area contributed by atoms with Gasteiger partial charge in [-0.3, -0.25) is 14.3 Å². The molecule has 0 bridgehead atoms. The number of hydrogen-bond acceptors (Lipinski definition) is 8. The van der Waals surface area contributed by atoms with Crippen LogP contribution in [-0.4, -0.2) is 64.6 Å². The van der Waals surface area contributed by atoms with Gasteiger partial charge in [-0.15, -0.1) is 0 Å². The maximum absolute atomic E-state index is 14.1. The first-order valence-electron chi connectivity index (χ1n) is 13.2. The minimum atomic E-state index is -0.119. The highest BCUT2D eigenvalue weighted by molar-refractivity contribution is 5.83. The molecule has 2 fully saturated rings. The molecule has 0 unspecified atom stereocenters. The van der Waals surface area contributed by atoms with Gasteiger partial charge in [0.05, 0.1) is 44.2 Å². The summed E-state index contributed by atoms with van der Waals surface area (Å²) in [5.41, 5.74) is 6.10. The fourth-order valence-corrected chi connectivity index (χ4v) is 5.05. The van der Waals surface area contributed by atoms with E-state index in [0.29, 0.717) is 50.1 Å². The highest BCUT2D eigenvalue weighted by Gasteiger charge is 2.22. The van der Waals surface area contributed by atoms with Crippen molar-refractivity contribution in [2.75, 3.05) is 38.2 Å². The Morgan fingerprint density at radius 1 is 1.13 bits per heavy atom. The zero-order valence-corrected chi connectivity index (χ0v) is 21.7. The van der Waals surface area contributed by atoms with Crippen LogP contribution in [0.1, 0.15) is 18.2 Å². The molecule has 3 aromatic heterocycles. The van der Waals surface area contributed by atoms with E-state index >= 15 is 0 Å². The third-order valence-corrected chi connectivity index (χ3v) is 7.15. The number of ether oxygens (including phenoxy) is 2. The van der Waals surface area contributed by atoms with E-state index in [1.54, 1.807) is 10.8 Å². The van der Waals surface area contributed by atoms with E-state index in [-0.39, 0.29) is 17.7 Å². The first kappa shape index (κ1) is 24.7. The van der Waals surface area contributed by atoms with Gasteiger partial charge in [-0.25, -0.2) is 4.98 Å². The minimum Gasteiger partial charge on any atom is -0.377 e. The zero-order chi connectivity index (χ0) is 26.1. The highest BCUT2D eigenvalue weighted by Crippen LogP contribution is 2.29. The van der Waals surface area contributed by atoms with E-state index in [0.717, 1.165) is 46.4 Å². The van der Waals surface area contributed by atoms with Crippen molar-refractivity contribution in [3.05, 3.63) is 70.3 Å². The quantitative estimate of drug-likeness (QED) is 0.389. The van der Waals surface area contributed by atoms with Gasteiger partial charge in [-0.05, 0) is 48.7 Å². The molecule has 1 atom stereocenters. The first-order valence-corrected chi connectivity index (χ1v) is 13.2. The lowest BCUT2D eigenvalue weighted by Crippen LogP contribution is -2.42. The Balaban J connectivity index is 1.46. The van der Waals surface area contributed by atoms with Crippen molar-refractivity contribution >= 4 is 17.0 Å². The van der Waals surface area contributed by atoms with Crippen molar-refractivity contribution in [3.63, 3.8) is 0 Å². The number of aryl methyl sites for hydroxylation is 2. The molecule has 2 N–H and O–H groups in total. The fraction of sp³-hybridized carbons (Fsp3) is 0.379. The summed E-state index contributed by atoms with van der Waals surface area (Å²) in [4.78, 5) is 28.1. The molecule has 0 spiro atoms. The lowest BCUT2D eigenvalue weighted by Gasteiger charge is -2.27. The zero-order valence-electron chi connectivity index (χ0n) is 21.7. The fourth-order valence-electron chi connectivity index (χ4n) is 5.05. The lowest BCUT2D eigenvalue weighted by molar-refractivity contribution is 0.0183. The lowest BCUT2D eigenvalue weighted by atomic mass is 9.95. The van der Waals surface area contributed by atoms with Gasteiger partial charge in [-0.2, -0.15) is 4.98 Å². The molecule has 196 valence electrons. The van der Waals surface area contributed by atoms with Crippen LogP contribution < -0.4 is 16.2 Å². The number of anilines is 1. The van der Waals surface area contributed by atoms with Crippen LogP contribution in [0, 0.1) is 6.92 Å². The second-order valence-corrected chi connectivity index (χ2v) is 9.91. The third-order valence-electron chi connectivity index (χ3n) is 7.15. The minimum absolute atomic E-state index is 0.0839. The molecule has 2 aliphatic rings. The molecular weight excluding hydrogens is 480 g/mol. The van der Waals surface area contributed by atoms with Gasteiger partial charge < -0.3 is 20.1 Å². The van der Waals surface area contributed by atoms with Crippen LogP contribution in [0.15, 0.2) is 53.5 Å². The van der Waals surface area contributed by atoms with Gasteiger partial charge >= 0.3 is 0 Å². The monoisotopic (exact) mass is 512 g/mol. The van der Waals surface area contributed by atoms with Crippen molar-refractivity contribution in [3.8, 4) is 22.4 Å². The average Bonchev–Trinajstić information content (AvgIpc) is 2.92. The van der Waals surface area contributed by atoms with Crippen molar-refractivity contribution in [2.45, 2.75) is 39.0 Å². The molecule has 0 radical (unpaired) electrons. The number of rotatable bonds is 7. The van der Waals surface area contributed by atoms with Crippen LogP contribution in [-0.2, 0) is 22.4 Å². The van der Waals surface area contributed by atoms with E-state index in [1.165, 1.54) is 0 Å². The number of pyridine rings is 2. The van der Waals surface area contributed by atoms with Crippen molar-refractivity contribution in [2.24, 2.45) is 0 Å². The number of fused-ring (bicyclic) bond motifs is 1. The number of hydrogen-bond donors (Lipinski definition) is 2. The Hall–Kier alpha value is -3.66. The summed E-state index contributed by atoms with van der Waals surface area (Å²) in [6, 6.07) is 14.4. The van der Waals surface area contributed by atoms with E-state index < -0.39 is 0 Å². The molecule has 9 nitrogen and oxygen atoms in total. The highest BCUT2D eigenvalue weighted by atomic mass is 16.5. The normalized spacial score (nSPS) is 17.9. The van der Waals surface area contributed by atoms with E-state index in [2.05, 4.69) is 33.6 Å². The summed E-state index contributed by atoms with van der Waals surface area (Å²) >= 11 is 0. The first-order chi connectivity index (χ1) is 18.6. The third kappa shape index (κ3) is 4.92. The van der Waals surface area contributed by atoms with Gasteiger partial charge in [0.1, 0.15) is 5.65 Å². The van der Waals surface area contributed by atoms with Gasteiger partial charge in [0.15, 0.2) is 0 Å². The topological polar surface area (TPSA) is 103 Å². The summed E-state index contributed by atoms with van der Waals surface area (Å²) in [5, 5.41) is 7.47. The molecule has 0 aliphatic carbocycles. The van der Waals surface area contributed by atoms with E-state index in [9.17, 15) is 4.79 Å². The summed E-state index contributed by atoms with van der Waals surface area (Å²) < 4.78 is 13.0. The van der Waals surface area contributed by atoms with Crippen LogP contribution in [0.2, 0.25) is 0 Å². The Labute approximate surface area is 221 Å². The number of aromatic nitrogens is 4. The molecule has 5 heterocycles. The SMILES string of the molecule is CCc1cc(-c2cccc(C)n2)ccc1-c1cc2cnc(NC3COC3)nc2n(C[C@H]2CNCCO2)c1=O. The second kappa shape index (κ2) is 10.6. The largest absolute Gasteiger partial charge is 0.377 e. The predicted octanol–water partition coefficient (Wildman–Crippen LogP) is 3.19. The number of nitrogens with zero attached hydrogens (tertiary/aromatic N) is 4. The number of benzene rings is 1. The molecule has 0 saturated carbocycles. The maximum Gasteiger partial charge on any atom is 0.260 e. The summed E-state index contributed by atoms with van der Waals surface area (Å²) in [5.74, 6) is 0.499. The standard InChI is InChI=1S/C29H32N6O3/c1-3-19-11-20(26-6-4-5-18(2)32-26)7-8-24(19)25-12-21-13-31-29(33-22-16-37-17-22)34-27(21)35(28(25)36)15-23-14-30-9-10-38-23/h4-8,11-13,22-23,30H,3,9-10,14-17H2,1-2H3,(H,31,33,34)/t23-/m1/s1. The van der Waals surface area contributed by atoms with Crippen LogP contribution in [0.3, 0.4) is 0 Å². The molecule has 1 aromatic carbocycles. The molecule has 0 amide bonds. The van der Waals surface area contributed by atoms with E-state index in [1.807, 2.05) is 43.3 Å². The number of nitrogens with one attached hydrogen (secondary N) is 2. The number of morpholine rings is 1. The Morgan fingerprint density at radius 2 is 2.03 bits per heavy atom. The van der Waals surface area contributed by atoms with Crippen molar-refractivity contribution in [1.82, 2.24) is 24.8 Å². The van der Waals surface area contributed by atoms with Gasteiger partial charge in [-0.1, -0.05) is 25.1 Å². The molecule has 2 saturated heterocycles. The van der Waals surface area contributed by atoms with Crippen molar-refractivity contribution in [1.29, 1.82) is 0 Å². The average molecular weight is 513 g/mol. The summed E-state index contributed by atoms with van der Waals surface area (Å²) in [6.07, 6.45) is 2.46. The Kier molecular flexibility index (Phi) is 6.88. The molecule has 38 heavy (non-hydrogen) atoms. The van der Waals surface area contributed by atoms with Gasteiger partial charge in [0.25, 0.3) is 5.56 Å². The van der Waals surface area contributed by atoms with Crippen LogP contribution >= 0.6 is 0 Å². The molecule has 6 rings (SSSR count). The van der Waals surface area contributed by atoms with Crippen LogP contribution in [0.25, 0.3) is 33.4 Å².